The summed E-state index contributed by atoms with van der Waals surface area (Å²) in [6.45, 7) is 9.45. The van der Waals surface area contributed by atoms with Gasteiger partial charge in [0, 0.05) is 67.1 Å². The molecule has 0 saturated carbocycles. The summed E-state index contributed by atoms with van der Waals surface area (Å²) in [4.78, 5) is 13.1. The first-order valence-corrected chi connectivity index (χ1v) is 25.5. The highest BCUT2D eigenvalue weighted by atomic mass is 32.2. The van der Waals surface area contributed by atoms with E-state index in [2.05, 4.69) is 233 Å². The van der Waals surface area contributed by atoms with Crippen LogP contribution in [0.4, 0.5) is 17.1 Å². The van der Waals surface area contributed by atoms with Gasteiger partial charge in [0.15, 0.2) is 0 Å². The van der Waals surface area contributed by atoms with Gasteiger partial charge in [0.1, 0.15) is 0 Å². The molecule has 9 aromatic rings. The predicted octanol–water partition coefficient (Wildman–Crippen LogP) is 18.4. The molecule has 0 aliphatic carbocycles. The van der Waals surface area contributed by atoms with E-state index in [0.29, 0.717) is 0 Å². The summed E-state index contributed by atoms with van der Waals surface area (Å²) >= 11 is 7.56. The molecule has 0 fully saturated rings. The van der Waals surface area contributed by atoms with E-state index >= 15 is 0 Å². The number of rotatable bonds is 6. The first-order chi connectivity index (χ1) is 31.7. The largest absolute Gasteiger partial charge is 0.311 e. The second kappa shape index (κ2) is 16.0. The smallest absolute Gasteiger partial charge is 0.0462 e. The molecule has 0 spiro atoms. The Hall–Kier alpha value is -5.82. The van der Waals surface area contributed by atoms with Crippen LogP contribution in [0.5, 0.6) is 0 Å². The third-order valence-electron chi connectivity index (χ3n) is 13.5. The van der Waals surface area contributed by atoms with Gasteiger partial charge in [-0.2, -0.15) is 0 Å². The first-order valence-electron chi connectivity index (χ1n) is 22.2. The third-order valence-corrected chi connectivity index (χ3v) is 18.5. The minimum Gasteiger partial charge on any atom is -0.311 e. The van der Waals surface area contributed by atoms with E-state index in [4.69, 9.17) is 0 Å². The Morgan fingerprint density at radius 1 is 0.277 bits per heavy atom. The van der Waals surface area contributed by atoms with Crippen LogP contribution in [0.2, 0.25) is 0 Å². The van der Waals surface area contributed by atoms with Crippen molar-refractivity contribution in [1.29, 1.82) is 0 Å². The second-order valence-corrected chi connectivity index (χ2v) is 22.3. The van der Waals surface area contributed by atoms with E-state index in [-0.39, 0.29) is 10.8 Å². The van der Waals surface area contributed by atoms with Crippen LogP contribution in [-0.4, -0.2) is 0 Å². The van der Waals surface area contributed by atoms with E-state index in [0.717, 1.165) is 17.1 Å². The molecule has 0 radical (unpaired) electrons. The minimum atomic E-state index is -0.0816. The number of fused-ring (bicyclic) bond motifs is 6. The van der Waals surface area contributed by atoms with E-state index < -0.39 is 0 Å². The molecule has 5 heteroatoms. The van der Waals surface area contributed by atoms with Crippen molar-refractivity contribution in [3.8, 4) is 33.4 Å². The number of hydrogen-bond donors (Lipinski definition) is 0. The van der Waals surface area contributed by atoms with E-state index in [1.54, 1.807) is 0 Å². The maximum atomic E-state index is 2.40. The standard InChI is InChI=1S/C60H45NS4/c1-59(2)47-17-5-7-21-51(47)63-56-44(14-11-19-49(56)59)38-26-32-41(33-27-38)61(43-36-30-40(31-37-43)46-16-13-25-55-58(46)65-54-24-10-9-23-53(54)62-55)42-34-28-39(29-35-42)45-15-12-20-50-57(45)64-52-22-8-6-18-48(52)60(50,3)4/h5-37H,1-4H3. The van der Waals surface area contributed by atoms with Crippen LogP contribution < -0.4 is 4.90 Å². The Bertz CT molecular complexity index is 3160. The van der Waals surface area contributed by atoms with Crippen molar-refractivity contribution in [2.24, 2.45) is 0 Å². The van der Waals surface area contributed by atoms with Gasteiger partial charge in [-0.15, -0.1) is 0 Å². The Kier molecular flexibility index (Phi) is 9.99. The van der Waals surface area contributed by atoms with Crippen molar-refractivity contribution in [3.05, 3.63) is 222 Å². The SMILES string of the molecule is CC1(C)c2ccccc2Sc2c(-c3ccc(N(c4ccc(-c5cccc6c5Sc5ccccc5S6)cc4)c4ccc(-c5cccc6c5Sc5ccccc5C6(C)C)cc4)cc3)cccc21. The van der Waals surface area contributed by atoms with Crippen LogP contribution in [0.15, 0.2) is 239 Å². The Labute approximate surface area is 399 Å². The summed E-state index contributed by atoms with van der Waals surface area (Å²) in [5.74, 6) is 0. The lowest BCUT2D eigenvalue weighted by molar-refractivity contribution is 0.608. The quantitative estimate of drug-likeness (QED) is 0.163. The molecule has 3 aliphatic rings. The van der Waals surface area contributed by atoms with Gasteiger partial charge in [0.2, 0.25) is 0 Å². The lowest BCUT2D eigenvalue weighted by atomic mass is 9.77. The zero-order valence-corrected chi connectivity index (χ0v) is 39.9. The molecule has 12 rings (SSSR count). The van der Waals surface area contributed by atoms with E-state index in [1.807, 2.05) is 47.0 Å². The van der Waals surface area contributed by atoms with Crippen LogP contribution in [0.25, 0.3) is 33.4 Å². The molecule has 0 unspecified atom stereocenters. The van der Waals surface area contributed by atoms with Gasteiger partial charge in [-0.25, -0.2) is 0 Å². The molecular formula is C60H45NS4. The Morgan fingerprint density at radius 3 is 1.05 bits per heavy atom. The summed E-state index contributed by atoms with van der Waals surface area (Å²) in [5, 5.41) is 0. The summed E-state index contributed by atoms with van der Waals surface area (Å²) in [7, 11) is 0. The summed E-state index contributed by atoms with van der Waals surface area (Å²) in [6, 6.07) is 74.5. The highest BCUT2D eigenvalue weighted by Crippen LogP contribution is 2.55. The van der Waals surface area contributed by atoms with Gasteiger partial charge < -0.3 is 4.90 Å². The van der Waals surface area contributed by atoms with Crippen molar-refractivity contribution in [2.75, 3.05) is 4.90 Å². The molecule has 0 atom stereocenters. The number of benzene rings is 9. The zero-order chi connectivity index (χ0) is 43.9. The molecule has 3 aliphatic heterocycles. The zero-order valence-electron chi connectivity index (χ0n) is 36.6. The lowest BCUT2D eigenvalue weighted by Crippen LogP contribution is -2.23. The fourth-order valence-corrected chi connectivity index (χ4v) is 15.4. The molecule has 0 aromatic heterocycles. The number of nitrogens with zero attached hydrogens (tertiary/aromatic N) is 1. The third kappa shape index (κ3) is 6.90. The van der Waals surface area contributed by atoms with Crippen LogP contribution in [0, 0.1) is 0 Å². The highest BCUT2D eigenvalue weighted by molar-refractivity contribution is 8.05. The molecule has 3 heterocycles. The maximum absolute atomic E-state index is 2.40. The van der Waals surface area contributed by atoms with E-state index in [9.17, 15) is 0 Å². The van der Waals surface area contributed by atoms with Crippen molar-refractivity contribution < 1.29 is 0 Å². The minimum absolute atomic E-state index is 0.0816. The van der Waals surface area contributed by atoms with Gasteiger partial charge in [-0.1, -0.05) is 208 Å². The van der Waals surface area contributed by atoms with Crippen molar-refractivity contribution in [1.82, 2.24) is 0 Å². The van der Waals surface area contributed by atoms with Crippen molar-refractivity contribution >= 4 is 64.1 Å². The average molecular weight is 908 g/mol. The van der Waals surface area contributed by atoms with E-state index in [1.165, 1.54) is 94.8 Å². The Morgan fingerprint density at radius 2 is 0.600 bits per heavy atom. The van der Waals surface area contributed by atoms with Crippen LogP contribution in [0.1, 0.15) is 49.9 Å². The van der Waals surface area contributed by atoms with Gasteiger partial charge in [0.05, 0.1) is 0 Å². The van der Waals surface area contributed by atoms with Gasteiger partial charge in [-0.05, 0) is 122 Å². The van der Waals surface area contributed by atoms with Gasteiger partial charge >= 0.3 is 0 Å². The summed E-state index contributed by atoms with van der Waals surface area (Å²) in [6.07, 6.45) is 0. The van der Waals surface area contributed by atoms with Crippen LogP contribution in [0.3, 0.4) is 0 Å². The molecule has 0 bridgehead atoms. The monoisotopic (exact) mass is 907 g/mol. The van der Waals surface area contributed by atoms with Crippen molar-refractivity contribution in [2.45, 2.75) is 77.7 Å². The number of hydrogen-bond acceptors (Lipinski definition) is 5. The summed E-state index contributed by atoms with van der Waals surface area (Å²) in [5.41, 5.74) is 16.2. The second-order valence-electron chi connectivity index (χ2n) is 18.1. The first kappa shape index (κ1) is 40.7. The molecule has 65 heavy (non-hydrogen) atoms. The molecule has 0 N–H and O–H groups in total. The van der Waals surface area contributed by atoms with Gasteiger partial charge in [0.25, 0.3) is 0 Å². The Balaban J connectivity index is 0.927. The average Bonchev–Trinajstić information content (AvgIpc) is 3.34. The molecule has 1 nitrogen and oxygen atoms in total. The van der Waals surface area contributed by atoms with Crippen LogP contribution >= 0.6 is 47.0 Å². The maximum Gasteiger partial charge on any atom is 0.0462 e. The molecule has 9 aromatic carbocycles. The molecule has 0 amide bonds. The molecular weight excluding hydrogens is 863 g/mol. The molecule has 314 valence electrons. The lowest BCUT2D eigenvalue weighted by Gasteiger charge is -2.35. The van der Waals surface area contributed by atoms with Crippen molar-refractivity contribution in [3.63, 3.8) is 0 Å². The fraction of sp³-hybridized carbons (Fsp3) is 0.100. The summed E-state index contributed by atoms with van der Waals surface area (Å²) < 4.78 is 0. The fourth-order valence-electron chi connectivity index (χ4n) is 9.98. The number of anilines is 3. The van der Waals surface area contributed by atoms with Gasteiger partial charge in [-0.3, -0.25) is 0 Å². The normalized spacial score (nSPS) is 14.8. The topological polar surface area (TPSA) is 3.24 Å². The highest BCUT2D eigenvalue weighted by Gasteiger charge is 2.35. The molecule has 0 saturated heterocycles. The predicted molar refractivity (Wildman–Crippen MR) is 278 cm³/mol. The van der Waals surface area contributed by atoms with Crippen LogP contribution in [-0.2, 0) is 10.8 Å².